The van der Waals surface area contributed by atoms with E-state index in [0.29, 0.717) is 37.1 Å². The molecular formula is C15H17F2NO4S. The van der Waals surface area contributed by atoms with Crippen molar-refractivity contribution >= 4 is 15.7 Å². The van der Waals surface area contributed by atoms with Crippen LogP contribution in [0.4, 0.5) is 8.78 Å². The molecule has 0 radical (unpaired) electrons. The van der Waals surface area contributed by atoms with Gasteiger partial charge in [-0.15, -0.1) is 0 Å². The summed E-state index contributed by atoms with van der Waals surface area (Å²) in [5, 5.41) is 0. The van der Waals surface area contributed by atoms with Crippen molar-refractivity contribution in [3.63, 3.8) is 0 Å². The smallest absolute Gasteiger partial charge is 0.341 e. The highest BCUT2D eigenvalue weighted by atomic mass is 32.2. The van der Waals surface area contributed by atoms with Gasteiger partial charge in [0.1, 0.15) is 0 Å². The number of nitrogens with zero attached hydrogens (tertiary/aromatic N) is 1. The maximum Gasteiger partial charge on any atom is 0.341 e. The molecule has 0 N–H and O–H groups in total. The van der Waals surface area contributed by atoms with Crippen molar-refractivity contribution in [1.29, 1.82) is 0 Å². The minimum atomic E-state index is -4.63. The molecule has 2 aliphatic heterocycles. The monoisotopic (exact) mass is 345 g/mol. The minimum absolute atomic E-state index is 0.212. The number of alkyl halides is 2. The fraction of sp³-hybridized carbons (Fsp3) is 0.533. The Morgan fingerprint density at radius 2 is 1.83 bits per heavy atom. The van der Waals surface area contributed by atoms with E-state index < -0.39 is 20.5 Å². The molecule has 0 spiro atoms. The van der Waals surface area contributed by atoms with E-state index in [4.69, 9.17) is 4.74 Å². The summed E-state index contributed by atoms with van der Waals surface area (Å²) in [5.41, 5.74) is 0.301. The van der Waals surface area contributed by atoms with Crippen LogP contribution in [0.25, 0.3) is 0 Å². The van der Waals surface area contributed by atoms with Crippen LogP contribution >= 0.6 is 0 Å². The molecule has 2 heterocycles. The first-order valence-electron chi connectivity index (χ1n) is 7.38. The molecule has 8 heteroatoms. The van der Waals surface area contributed by atoms with Gasteiger partial charge in [0.05, 0.1) is 11.5 Å². The Morgan fingerprint density at radius 1 is 1.17 bits per heavy atom. The molecule has 0 saturated carbocycles. The zero-order valence-corrected chi connectivity index (χ0v) is 13.1. The van der Waals surface area contributed by atoms with E-state index >= 15 is 0 Å². The first-order chi connectivity index (χ1) is 10.9. The summed E-state index contributed by atoms with van der Waals surface area (Å²) >= 11 is 0. The third-order valence-corrected chi connectivity index (χ3v) is 5.91. The minimum Gasteiger partial charge on any atom is -0.381 e. The van der Waals surface area contributed by atoms with Crippen LogP contribution < -0.4 is 0 Å². The van der Waals surface area contributed by atoms with Gasteiger partial charge in [-0.05, 0) is 36.6 Å². The number of likely N-dealkylation sites (tertiary alicyclic amines) is 1. The number of hydrogen-bond acceptors (Lipinski definition) is 4. The average molecular weight is 345 g/mol. The highest BCUT2D eigenvalue weighted by Crippen LogP contribution is 2.30. The van der Waals surface area contributed by atoms with Gasteiger partial charge in [0.15, 0.2) is 0 Å². The lowest BCUT2D eigenvalue weighted by molar-refractivity contribution is 0.0641. The average Bonchev–Trinajstić information content (AvgIpc) is 3.01. The predicted molar refractivity (Wildman–Crippen MR) is 78.0 cm³/mol. The van der Waals surface area contributed by atoms with Crippen molar-refractivity contribution in [2.45, 2.75) is 17.1 Å². The quantitative estimate of drug-likeness (QED) is 0.838. The molecule has 2 unspecified atom stereocenters. The lowest BCUT2D eigenvalue weighted by atomic mass is 9.88. The molecule has 2 fully saturated rings. The van der Waals surface area contributed by atoms with Crippen LogP contribution in [0.1, 0.15) is 16.8 Å². The zero-order valence-electron chi connectivity index (χ0n) is 12.3. The van der Waals surface area contributed by atoms with Gasteiger partial charge < -0.3 is 9.64 Å². The van der Waals surface area contributed by atoms with Crippen LogP contribution in [0.5, 0.6) is 0 Å². The molecule has 0 aromatic heterocycles. The first-order valence-corrected chi connectivity index (χ1v) is 8.93. The number of piperidine rings is 1. The van der Waals surface area contributed by atoms with Gasteiger partial charge in [0, 0.05) is 31.2 Å². The Bertz CT molecular complexity index is 690. The summed E-state index contributed by atoms with van der Waals surface area (Å²) in [7, 11) is -4.63. The van der Waals surface area contributed by atoms with E-state index in [1.54, 1.807) is 4.90 Å². The van der Waals surface area contributed by atoms with E-state index in [1.807, 2.05) is 0 Å². The number of carbonyl (C=O) groups is 1. The van der Waals surface area contributed by atoms with Crippen LogP contribution in [0.2, 0.25) is 0 Å². The molecule has 0 aliphatic carbocycles. The standard InChI is InChI=1S/C15H17F2NO4S/c16-15(17)23(20,21)13-3-1-10(2-4-13)14(19)18-6-5-11-8-22-9-12(11)7-18/h1-4,11-12,15H,5-9H2. The molecule has 23 heavy (non-hydrogen) atoms. The summed E-state index contributed by atoms with van der Waals surface area (Å²) in [6.07, 6.45) is 0.883. The van der Waals surface area contributed by atoms with E-state index in [-0.39, 0.29) is 5.91 Å². The van der Waals surface area contributed by atoms with Gasteiger partial charge in [0.2, 0.25) is 9.84 Å². The Kier molecular flexibility index (Phi) is 4.37. The number of sulfone groups is 1. The zero-order chi connectivity index (χ0) is 16.6. The Labute approximate surface area is 133 Å². The molecule has 1 aromatic carbocycles. The summed E-state index contributed by atoms with van der Waals surface area (Å²) in [6, 6.07) is 4.68. The van der Waals surface area contributed by atoms with Crippen LogP contribution in [-0.4, -0.2) is 51.3 Å². The molecule has 1 aromatic rings. The lowest BCUT2D eigenvalue weighted by Gasteiger charge is -2.34. The second-order valence-corrected chi connectivity index (χ2v) is 7.85. The Balaban J connectivity index is 1.73. The second kappa shape index (κ2) is 6.16. The number of ether oxygens (including phenoxy) is 1. The summed E-state index contributed by atoms with van der Waals surface area (Å²) in [5.74, 6) is -2.84. The number of carbonyl (C=O) groups excluding carboxylic acids is 1. The number of fused-ring (bicyclic) bond motifs is 1. The highest BCUT2D eigenvalue weighted by molar-refractivity contribution is 7.91. The molecule has 1 amide bonds. The SMILES string of the molecule is O=C(c1ccc(S(=O)(=O)C(F)F)cc1)N1CCC2COCC2C1. The van der Waals surface area contributed by atoms with Crippen LogP contribution in [0.3, 0.4) is 0 Å². The fourth-order valence-corrected chi connectivity index (χ4v) is 3.84. The van der Waals surface area contributed by atoms with Gasteiger partial charge >= 0.3 is 5.76 Å². The number of benzene rings is 1. The van der Waals surface area contributed by atoms with Crippen LogP contribution in [0.15, 0.2) is 29.2 Å². The van der Waals surface area contributed by atoms with E-state index in [9.17, 15) is 22.0 Å². The third-order valence-electron chi connectivity index (χ3n) is 4.51. The molecule has 3 rings (SSSR count). The molecule has 2 saturated heterocycles. The van der Waals surface area contributed by atoms with Crippen molar-refractivity contribution < 1.29 is 26.7 Å². The fourth-order valence-electron chi connectivity index (χ4n) is 3.12. The van der Waals surface area contributed by atoms with Crippen molar-refractivity contribution in [3.8, 4) is 0 Å². The Morgan fingerprint density at radius 3 is 2.48 bits per heavy atom. The normalized spacial score (nSPS) is 24.7. The van der Waals surface area contributed by atoms with E-state index in [1.165, 1.54) is 12.1 Å². The van der Waals surface area contributed by atoms with Crippen LogP contribution in [0, 0.1) is 11.8 Å². The predicted octanol–water partition coefficient (Wildman–Crippen LogP) is 1.79. The molecule has 0 bridgehead atoms. The van der Waals surface area contributed by atoms with E-state index in [0.717, 1.165) is 25.2 Å². The van der Waals surface area contributed by atoms with Gasteiger partial charge in [-0.2, -0.15) is 8.78 Å². The summed E-state index contributed by atoms with van der Waals surface area (Å²) in [4.78, 5) is 13.7. The first kappa shape index (κ1) is 16.3. The third kappa shape index (κ3) is 3.10. The molecular weight excluding hydrogens is 328 g/mol. The van der Waals surface area contributed by atoms with Crippen molar-refractivity contribution in [1.82, 2.24) is 4.90 Å². The van der Waals surface area contributed by atoms with E-state index in [2.05, 4.69) is 0 Å². The van der Waals surface area contributed by atoms with Crippen molar-refractivity contribution in [3.05, 3.63) is 29.8 Å². The molecule has 126 valence electrons. The number of rotatable bonds is 3. The topological polar surface area (TPSA) is 63.7 Å². The van der Waals surface area contributed by atoms with Crippen molar-refractivity contribution in [2.75, 3.05) is 26.3 Å². The molecule has 5 nitrogen and oxygen atoms in total. The lowest BCUT2D eigenvalue weighted by Crippen LogP contribution is -2.43. The maximum absolute atomic E-state index is 12.5. The number of amides is 1. The Hall–Kier alpha value is -1.54. The second-order valence-electron chi connectivity index (χ2n) is 5.93. The largest absolute Gasteiger partial charge is 0.381 e. The highest BCUT2D eigenvalue weighted by Gasteiger charge is 2.35. The van der Waals surface area contributed by atoms with Crippen LogP contribution in [-0.2, 0) is 14.6 Å². The molecule has 2 aliphatic rings. The summed E-state index contributed by atoms with van der Waals surface area (Å²) in [6.45, 7) is 2.63. The van der Waals surface area contributed by atoms with Crippen molar-refractivity contribution in [2.24, 2.45) is 11.8 Å². The maximum atomic E-state index is 12.5. The number of hydrogen-bond donors (Lipinski definition) is 0. The van der Waals surface area contributed by atoms with Gasteiger partial charge in [-0.1, -0.05) is 0 Å². The van der Waals surface area contributed by atoms with Gasteiger partial charge in [0.25, 0.3) is 5.91 Å². The summed E-state index contributed by atoms with van der Waals surface area (Å²) < 4.78 is 53.2. The van der Waals surface area contributed by atoms with Gasteiger partial charge in [-0.3, -0.25) is 4.79 Å². The molecule has 2 atom stereocenters. The number of halogens is 2. The van der Waals surface area contributed by atoms with Gasteiger partial charge in [-0.25, -0.2) is 8.42 Å².